The highest BCUT2D eigenvalue weighted by atomic mass is 16.4. The average molecular weight is 355 g/mol. The Morgan fingerprint density at radius 3 is 2.67 bits per heavy atom. The van der Waals surface area contributed by atoms with Gasteiger partial charge >= 0.3 is 0 Å². The Hall–Kier alpha value is -4.07. The number of nitrogens with zero attached hydrogens (tertiary/aromatic N) is 5. The van der Waals surface area contributed by atoms with Gasteiger partial charge in [0.25, 0.3) is 0 Å². The van der Waals surface area contributed by atoms with Gasteiger partial charge in [-0.2, -0.15) is 0 Å². The summed E-state index contributed by atoms with van der Waals surface area (Å²) in [6.07, 6.45) is 4.70. The van der Waals surface area contributed by atoms with Gasteiger partial charge in [-0.3, -0.25) is 4.98 Å². The van der Waals surface area contributed by atoms with Crippen molar-refractivity contribution in [1.82, 2.24) is 24.9 Å². The van der Waals surface area contributed by atoms with Crippen LogP contribution in [-0.4, -0.2) is 24.9 Å². The smallest absolute Gasteiger partial charge is 0.248 e. The minimum Gasteiger partial charge on any atom is -0.443 e. The van der Waals surface area contributed by atoms with E-state index in [2.05, 4.69) is 24.9 Å². The molecule has 0 unspecified atom stereocenters. The van der Waals surface area contributed by atoms with Gasteiger partial charge in [0, 0.05) is 11.8 Å². The first-order chi connectivity index (χ1) is 13.3. The van der Waals surface area contributed by atoms with E-state index in [0.29, 0.717) is 39.9 Å². The Bertz CT molecular complexity index is 1410. The summed E-state index contributed by atoms with van der Waals surface area (Å²) in [6, 6.07) is 11.0. The summed E-state index contributed by atoms with van der Waals surface area (Å²) in [5.74, 6) is 0.864. The van der Waals surface area contributed by atoms with E-state index in [-0.39, 0.29) is 0 Å². The fourth-order valence-corrected chi connectivity index (χ4v) is 2.94. The average Bonchev–Trinajstić information content (AvgIpc) is 3.42. The quantitative estimate of drug-likeness (QED) is 0.454. The predicted molar refractivity (Wildman–Crippen MR) is 95.6 cm³/mol. The third-order valence-corrected chi connectivity index (χ3v) is 4.24. The number of oxazole rings is 3. The lowest BCUT2D eigenvalue weighted by Crippen LogP contribution is -1.83. The number of rotatable bonds is 2. The zero-order valence-corrected chi connectivity index (χ0v) is 13.7. The zero-order chi connectivity index (χ0) is 17.8. The molecular weight excluding hydrogens is 346 g/mol. The van der Waals surface area contributed by atoms with Crippen molar-refractivity contribution >= 4 is 33.4 Å². The van der Waals surface area contributed by atoms with Crippen LogP contribution in [0.4, 0.5) is 0 Å². The van der Waals surface area contributed by atoms with Gasteiger partial charge in [-0.15, -0.1) is 0 Å². The molecule has 5 heterocycles. The standard InChI is InChI=1S/C19H9N5O3/c1-4-15-14(21-9-25-15)7-10(1)17-23-13-3-2-12(24-19(13)27-17)18-22-11-5-6-20-8-16(11)26-18/h1-9H. The number of benzene rings is 1. The molecule has 0 bridgehead atoms. The molecule has 0 saturated carbocycles. The van der Waals surface area contributed by atoms with E-state index in [1.165, 1.54) is 6.39 Å². The van der Waals surface area contributed by atoms with Crippen molar-refractivity contribution in [2.45, 2.75) is 0 Å². The van der Waals surface area contributed by atoms with Gasteiger partial charge in [0.15, 0.2) is 17.6 Å². The number of pyridine rings is 2. The van der Waals surface area contributed by atoms with E-state index in [1.54, 1.807) is 24.5 Å². The Kier molecular flexibility index (Phi) is 2.73. The number of hydrogen-bond donors (Lipinski definition) is 0. The minimum absolute atomic E-state index is 0.405. The lowest BCUT2D eigenvalue weighted by molar-refractivity contribution is 0.599. The molecule has 0 spiro atoms. The maximum Gasteiger partial charge on any atom is 0.248 e. The summed E-state index contributed by atoms with van der Waals surface area (Å²) in [5, 5.41) is 0. The molecule has 0 radical (unpaired) electrons. The fourth-order valence-electron chi connectivity index (χ4n) is 2.94. The third-order valence-electron chi connectivity index (χ3n) is 4.24. The number of hydrogen-bond acceptors (Lipinski definition) is 8. The lowest BCUT2D eigenvalue weighted by atomic mass is 10.2. The molecular formula is C19H9N5O3. The molecule has 6 aromatic rings. The van der Waals surface area contributed by atoms with Crippen molar-refractivity contribution in [2.75, 3.05) is 0 Å². The molecule has 0 aliphatic heterocycles. The first kappa shape index (κ1) is 14.1. The molecule has 0 fully saturated rings. The third kappa shape index (κ3) is 2.20. The van der Waals surface area contributed by atoms with Gasteiger partial charge in [-0.25, -0.2) is 19.9 Å². The molecule has 5 aromatic heterocycles. The monoisotopic (exact) mass is 355 g/mol. The summed E-state index contributed by atoms with van der Waals surface area (Å²) in [7, 11) is 0. The van der Waals surface area contributed by atoms with Crippen molar-refractivity contribution in [3.63, 3.8) is 0 Å². The first-order valence-corrected chi connectivity index (χ1v) is 8.16. The van der Waals surface area contributed by atoms with E-state index in [4.69, 9.17) is 13.3 Å². The minimum atomic E-state index is 0.405. The first-order valence-electron chi connectivity index (χ1n) is 8.16. The van der Waals surface area contributed by atoms with Crippen LogP contribution in [0.2, 0.25) is 0 Å². The molecule has 6 rings (SSSR count). The van der Waals surface area contributed by atoms with Crippen LogP contribution in [0.25, 0.3) is 56.5 Å². The van der Waals surface area contributed by atoms with E-state index in [9.17, 15) is 0 Å². The molecule has 8 nitrogen and oxygen atoms in total. The van der Waals surface area contributed by atoms with Crippen LogP contribution in [0.3, 0.4) is 0 Å². The number of fused-ring (bicyclic) bond motifs is 3. The molecule has 0 amide bonds. The SMILES string of the molecule is c1cc2nc(-c3ccc4nc(-c5ccc6ocnc6c5)oc4n3)oc2cn1. The van der Waals surface area contributed by atoms with Crippen molar-refractivity contribution in [3.05, 3.63) is 55.2 Å². The van der Waals surface area contributed by atoms with E-state index in [0.717, 1.165) is 16.6 Å². The van der Waals surface area contributed by atoms with Gasteiger partial charge in [0.05, 0.1) is 6.20 Å². The highest BCUT2D eigenvalue weighted by Gasteiger charge is 2.15. The topological polar surface area (TPSA) is 104 Å². The number of aromatic nitrogens is 5. The van der Waals surface area contributed by atoms with Crippen LogP contribution in [0.1, 0.15) is 0 Å². The second kappa shape index (κ2) is 5.21. The Labute approximate surface area is 150 Å². The Morgan fingerprint density at radius 2 is 1.70 bits per heavy atom. The van der Waals surface area contributed by atoms with Crippen molar-refractivity contribution in [2.24, 2.45) is 0 Å². The normalized spacial score (nSPS) is 11.7. The van der Waals surface area contributed by atoms with Gasteiger partial charge in [0.2, 0.25) is 17.5 Å². The van der Waals surface area contributed by atoms with Crippen LogP contribution in [-0.2, 0) is 0 Å². The molecule has 0 saturated heterocycles. The molecule has 0 aliphatic rings. The predicted octanol–water partition coefficient (Wildman–Crippen LogP) is 4.23. The highest BCUT2D eigenvalue weighted by Crippen LogP contribution is 2.28. The molecule has 8 heteroatoms. The molecule has 27 heavy (non-hydrogen) atoms. The van der Waals surface area contributed by atoms with E-state index < -0.39 is 0 Å². The lowest BCUT2D eigenvalue weighted by Gasteiger charge is -1.94. The highest BCUT2D eigenvalue weighted by molar-refractivity contribution is 5.81. The molecule has 1 aromatic carbocycles. The van der Waals surface area contributed by atoms with Gasteiger partial charge in [0.1, 0.15) is 22.2 Å². The maximum atomic E-state index is 5.85. The van der Waals surface area contributed by atoms with E-state index >= 15 is 0 Å². The van der Waals surface area contributed by atoms with Crippen LogP contribution < -0.4 is 0 Å². The molecule has 128 valence electrons. The molecule has 0 N–H and O–H groups in total. The van der Waals surface area contributed by atoms with Crippen molar-refractivity contribution in [3.8, 4) is 23.0 Å². The summed E-state index contributed by atoms with van der Waals surface area (Å²) >= 11 is 0. The fraction of sp³-hybridized carbons (Fsp3) is 0. The second-order valence-corrected chi connectivity index (χ2v) is 5.94. The van der Waals surface area contributed by atoms with Crippen molar-refractivity contribution in [1.29, 1.82) is 0 Å². The Balaban J connectivity index is 1.46. The summed E-state index contributed by atoms with van der Waals surface area (Å²) < 4.78 is 16.8. The summed E-state index contributed by atoms with van der Waals surface area (Å²) in [6.45, 7) is 0. The van der Waals surface area contributed by atoms with Crippen LogP contribution in [0.5, 0.6) is 0 Å². The summed E-state index contributed by atoms with van der Waals surface area (Å²) in [5.41, 5.74) is 5.19. The largest absolute Gasteiger partial charge is 0.443 e. The Morgan fingerprint density at radius 1 is 0.741 bits per heavy atom. The zero-order valence-electron chi connectivity index (χ0n) is 13.7. The summed E-state index contributed by atoms with van der Waals surface area (Å²) in [4.78, 5) is 21.6. The van der Waals surface area contributed by atoms with Crippen LogP contribution in [0, 0.1) is 0 Å². The van der Waals surface area contributed by atoms with Gasteiger partial charge < -0.3 is 13.3 Å². The van der Waals surface area contributed by atoms with Gasteiger partial charge in [-0.1, -0.05) is 0 Å². The van der Waals surface area contributed by atoms with E-state index in [1.807, 2.05) is 24.3 Å². The van der Waals surface area contributed by atoms with Gasteiger partial charge in [-0.05, 0) is 36.4 Å². The van der Waals surface area contributed by atoms with Crippen LogP contribution >= 0.6 is 0 Å². The van der Waals surface area contributed by atoms with Crippen LogP contribution in [0.15, 0.2) is 68.4 Å². The second-order valence-electron chi connectivity index (χ2n) is 5.94. The molecule has 0 atom stereocenters. The van der Waals surface area contributed by atoms with Crippen molar-refractivity contribution < 1.29 is 13.3 Å². The molecule has 0 aliphatic carbocycles. The maximum absolute atomic E-state index is 5.85.